The minimum atomic E-state index is 0.630. The molecule has 0 saturated carbocycles. The predicted octanol–water partition coefficient (Wildman–Crippen LogP) is 3.05. The van der Waals surface area contributed by atoms with E-state index in [0.717, 1.165) is 17.7 Å². The van der Waals surface area contributed by atoms with E-state index in [1.807, 2.05) is 32.0 Å². The molecule has 2 N–H and O–H groups in total. The molecule has 0 atom stereocenters. The predicted molar refractivity (Wildman–Crippen MR) is 57.8 cm³/mol. The van der Waals surface area contributed by atoms with Crippen molar-refractivity contribution in [1.82, 2.24) is 0 Å². The van der Waals surface area contributed by atoms with Gasteiger partial charge in [-0.3, -0.25) is 0 Å². The smallest absolute Gasteiger partial charge is 0.0993 e. The van der Waals surface area contributed by atoms with E-state index in [0.29, 0.717) is 10.9 Å². The summed E-state index contributed by atoms with van der Waals surface area (Å²) < 4.78 is 0. The first kappa shape index (κ1) is 10.1. The molecule has 0 spiro atoms. The summed E-state index contributed by atoms with van der Waals surface area (Å²) in [6, 6.07) is 5.60. The van der Waals surface area contributed by atoms with E-state index in [1.165, 1.54) is 0 Å². The van der Waals surface area contributed by atoms with Crippen LogP contribution in [0.2, 0.25) is 5.02 Å². The lowest BCUT2D eigenvalue weighted by Gasteiger charge is -2.01. The van der Waals surface area contributed by atoms with Gasteiger partial charge in [0, 0.05) is 11.4 Å². The van der Waals surface area contributed by atoms with Crippen LogP contribution in [0.5, 0.6) is 0 Å². The van der Waals surface area contributed by atoms with Gasteiger partial charge in [-0.2, -0.15) is 0 Å². The quantitative estimate of drug-likeness (QED) is 0.573. The minimum absolute atomic E-state index is 0.630. The second-order valence-electron chi connectivity index (χ2n) is 2.89. The van der Waals surface area contributed by atoms with Crippen molar-refractivity contribution in [1.29, 1.82) is 0 Å². The molecule has 0 aliphatic heterocycles. The van der Waals surface area contributed by atoms with Crippen molar-refractivity contribution in [2.45, 2.75) is 20.3 Å². The lowest BCUT2D eigenvalue weighted by atomic mass is 10.2. The molecule has 0 bridgehead atoms. The van der Waals surface area contributed by atoms with E-state index in [2.05, 4.69) is 4.99 Å². The van der Waals surface area contributed by atoms with Gasteiger partial charge in [0.05, 0.1) is 11.5 Å². The highest BCUT2D eigenvalue weighted by molar-refractivity contribution is 6.30. The molecule has 0 aliphatic rings. The van der Waals surface area contributed by atoms with Crippen LogP contribution in [0.15, 0.2) is 23.2 Å². The molecular weight excluding hydrogens is 184 g/mol. The summed E-state index contributed by atoms with van der Waals surface area (Å²) in [5, 5.41) is 0.688. The average Bonchev–Trinajstić information content (AvgIpc) is 2.11. The molecule has 0 fully saturated rings. The Morgan fingerprint density at radius 3 is 2.85 bits per heavy atom. The molecule has 0 heterocycles. The molecule has 2 nitrogen and oxygen atoms in total. The van der Waals surface area contributed by atoms with Crippen LogP contribution in [0.3, 0.4) is 0 Å². The number of hydrogen-bond donors (Lipinski definition) is 1. The SMILES string of the molecule is CCC(N)=Nc1cc(Cl)ccc1C. The summed E-state index contributed by atoms with van der Waals surface area (Å²) in [4.78, 5) is 4.25. The third kappa shape index (κ3) is 2.74. The Bertz CT molecular complexity index is 332. The van der Waals surface area contributed by atoms with Gasteiger partial charge in [0.25, 0.3) is 0 Å². The van der Waals surface area contributed by atoms with Crippen LogP contribution in [-0.2, 0) is 0 Å². The first-order valence-corrected chi connectivity index (χ1v) is 4.60. The van der Waals surface area contributed by atoms with Crippen molar-refractivity contribution in [3.05, 3.63) is 28.8 Å². The van der Waals surface area contributed by atoms with Crippen LogP contribution < -0.4 is 5.73 Å². The number of amidine groups is 1. The van der Waals surface area contributed by atoms with Crippen molar-refractivity contribution in [3.8, 4) is 0 Å². The van der Waals surface area contributed by atoms with Gasteiger partial charge in [0.1, 0.15) is 0 Å². The summed E-state index contributed by atoms with van der Waals surface area (Å²) in [5.74, 6) is 0.630. The highest BCUT2D eigenvalue weighted by Gasteiger charge is 1.97. The fraction of sp³-hybridized carbons (Fsp3) is 0.300. The number of nitrogens with two attached hydrogens (primary N) is 1. The molecule has 13 heavy (non-hydrogen) atoms. The number of nitrogens with zero attached hydrogens (tertiary/aromatic N) is 1. The Kier molecular flexibility index (Phi) is 3.32. The Balaban J connectivity index is 3.07. The van der Waals surface area contributed by atoms with Gasteiger partial charge in [-0.05, 0) is 24.6 Å². The second kappa shape index (κ2) is 4.28. The number of rotatable bonds is 2. The molecule has 1 aromatic carbocycles. The minimum Gasteiger partial charge on any atom is -0.387 e. The number of hydrogen-bond acceptors (Lipinski definition) is 1. The largest absolute Gasteiger partial charge is 0.387 e. The first-order chi connectivity index (χ1) is 6.13. The second-order valence-corrected chi connectivity index (χ2v) is 3.32. The Labute approximate surface area is 83.4 Å². The highest BCUT2D eigenvalue weighted by Crippen LogP contribution is 2.22. The van der Waals surface area contributed by atoms with Gasteiger partial charge in [-0.1, -0.05) is 24.6 Å². The van der Waals surface area contributed by atoms with Gasteiger partial charge in [-0.15, -0.1) is 0 Å². The summed E-state index contributed by atoms with van der Waals surface area (Å²) in [6.07, 6.45) is 0.756. The molecular formula is C10H13ClN2. The third-order valence-corrected chi connectivity index (χ3v) is 2.03. The lowest BCUT2D eigenvalue weighted by molar-refractivity contribution is 1.23. The van der Waals surface area contributed by atoms with Gasteiger partial charge in [0.2, 0.25) is 0 Å². The van der Waals surface area contributed by atoms with Gasteiger partial charge in [0.15, 0.2) is 0 Å². The van der Waals surface area contributed by atoms with Crippen LogP contribution in [-0.4, -0.2) is 5.84 Å². The monoisotopic (exact) mass is 196 g/mol. The van der Waals surface area contributed by atoms with Crippen LogP contribution in [0.25, 0.3) is 0 Å². The van der Waals surface area contributed by atoms with E-state index in [9.17, 15) is 0 Å². The van der Waals surface area contributed by atoms with E-state index < -0.39 is 0 Å². The topological polar surface area (TPSA) is 38.4 Å². The standard InChI is InChI=1S/C10H13ClN2/c1-3-10(12)13-9-6-8(11)5-4-7(9)2/h4-6H,3H2,1-2H3,(H2,12,13). The summed E-state index contributed by atoms with van der Waals surface area (Å²) in [6.45, 7) is 3.96. The summed E-state index contributed by atoms with van der Waals surface area (Å²) in [7, 11) is 0. The van der Waals surface area contributed by atoms with E-state index >= 15 is 0 Å². The van der Waals surface area contributed by atoms with Gasteiger partial charge in [-0.25, -0.2) is 4.99 Å². The van der Waals surface area contributed by atoms with E-state index in [1.54, 1.807) is 0 Å². The molecule has 1 aromatic rings. The zero-order valence-corrected chi connectivity index (χ0v) is 8.60. The van der Waals surface area contributed by atoms with Crippen LogP contribution in [0, 0.1) is 6.92 Å². The molecule has 0 unspecified atom stereocenters. The normalized spacial score (nSPS) is 11.8. The average molecular weight is 197 g/mol. The van der Waals surface area contributed by atoms with Gasteiger partial charge < -0.3 is 5.73 Å². The zero-order valence-electron chi connectivity index (χ0n) is 7.84. The Hall–Kier alpha value is -1.02. The van der Waals surface area contributed by atoms with Crippen LogP contribution in [0.1, 0.15) is 18.9 Å². The van der Waals surface area contributed by atoms with E-state index in [-0.39, 0.29) is 0 Å². The maximum Gasteiger partial charge on any atom is 0.0993 e. The van der Waals surface area contributed by atoms with Crippen molar-refractivity contribution in [2.24, 2.45) is 10.7 Å². The summed E-state index contributed by atoms with van der Waals surface area (Å²) in [5.41, 5.74) is 7.57. The molecule has 0 radical (unpaired) electrons. The van der Waals surface area contributed by atoms with Crippen molar-refractivity contribution in [2.75, 3.05) is 0 Å². The maximum atomic E-state index is 5.83. The third-order valence-electron chi connectivity index (χ3n) is 1.80. The molecule has 0 saturated heterocycles. The first-order valence-electron chi connectivity index (χ1n) is 4.22. The molecule has 70 valence electrons. The van der Waals surface area contributed by atoms with Crippen LogP contribution >= 0.6 is 11.6 Å². The van der Waals surface area contributed by atoms with E-state index in [4.69, 9.17) is 17.3 Å². The number of benzene rings is 1. The number of aliphatic imine (C=N–C) groups is 1. The van der Waals surface area contributed by atoms with Crippen molar-refractivity contribution in [3.63, 3.8) is 0 Å². The van der Waals surface area contributed by atoms with Gasteiger partial charge >= 0.3 is 0 Å². The zero-order chi connectivity index (χ0) is 9.84. The number of halogens is 1. The Morgan fingerprint density at radius 1 is 1.54 bits per heavy atom. The lowest BCUT2D eigenvalue weighted by Crippen LogP contribution is -2.08. The highest BCUT2D eigenvalue weighted by atomic mass is 35.5. The fourth-order valence-corrected chi connectivity index (χ4v) is 1.10. The number of aryl methyl sites for hydroxylation is 1. The molecule has 0 amide bonds. The fourth-order valence-electron chi connectivity index (χ4n) is 0.937. The summed E-state index contributed by atoms with van der Waals surface area (Å²) >= 11 is 5.83. The Morgan fingerprint density at radius 2 is 2.23 bits per heavy atom. The maximum absolute atomic E-state index is 5.83. The molecule has 0 aromatic heterocycles. The molecule has 0 aliphatic carbocycles. The van der Waals surface area contributed by atoms with Crippen molar-refractivity contribution < 1.29 is 0 Å². The molecule has 1 rings (SSSR count). The van der Waals surface area contributed by atoms with Crippen LogP contribution in [0.4, 0.5) is 5.69 Å². The molecule has 3 heteroatoms. The van der Waals surface area contributed by atoms with Crippen molar-refractivity contribution >= 4 is 23.1 Å².